The van der Waals surface area contributed by atoms with Crippen molar-refractivity contribution in [3.05, 3.63) is 42.1 Å². The summed E-state index contributed by atoms with van der Waals surface area (Å²) < 4.78 is 0. The van der Waals surface area contributed by atoms with Gasteiger partial charge in [-0.05, 0) is 74.1 Å². The lowest BCUT2D eigenvalue weighted by molar-refractivity contribution is -0.129. The van der Waals surface area contributed by atoms with Crippen LogP contribution in [0, 0.1) is 17.8 Å². The van der Waals surface area contributed by atoms with Gasteiger partial charge in [0.15, 0.2) is 0 Å². The van der Waals surface area contributed by atoms with Crippen LogP contribution < -0.4 is 16.4 Å². The van der Waals surface area contributed by atoms with Gasteiger partial charge < -0.3 is 26.6 Å². The summed E-state index contributed by atoms with van der Waals surface area (Å²) in [6.45, 7) is 0. The number of pyridine rings is 1. The van der Waals surface area contributed by atoms with Gasteiger partial charge in [-0.3, -0.25) is 4.79 Å². The van der Waals surface area contributed by atoms with E-state index < -0.39 is 11.5 Å². The van der Waals surface area contributed by atoms with E-state index in [1.54, 1.807) is 24.3 Å². The van der Waals surface area contributed by atoms with Gasteiger partial charge in [0.2, 0.25) is 0 Å². The molecule has 152 valence electrons. The van der Waals surface area contributed by atoms with Crippen molar-refractivity contribution < 1.29 is 15.0 Å². The fraction of sp³-hybridized carbons (Fsp3) is 0.455. The second-order valence-electron chi connectivity index (χ2n) is 9.02. The molecule has 7 nitrogen and oxygen atoms in total. The number of nitrogens with one attached hydrogen (secondary N) is 2. The number of amides is 1. The molecule has 0 saturated heterocycles. The highest BCUT2D eigenvalue weighted by Crippen LogP contribution is 2.56. The Hall–Kier alpha value is -2.80. The molecule has 7 heteroatoms. The average molecular weight is 394 g/mol. The first-order valence-corrected chi connectivity index (χ1v) is 10.2. The summed E-state index contributed by atoms with van der Waals surface area (Å²) in [5, 5.41) is 27.0. The van der Waals surface area contributed by atoms with E-state index in [1.165, 1.54) is 6.20 Å². The van der Waals surface area contributed by atoms with E-state index in [4.69, 9.17) is 5.73 Å². The standard InChI is InChI=1S/C22H26N4O3/c23-21(28)17-11-24-19(25-15-1-3-16(27)4-2-15)7-18(17)26-20-13-5-12-6-14(20)10-22(29,8-12)9-13/h1-4,7,11-14,20,27,29H,5-6,8-10H2,(H2,23,28)(H2,24,25,26)/t12-,13+,14-,20-,22+. The molecule has 0 spiro atoms. The van der Waals surface area contributed by atoms with Crippen LogP contribution in [0.25, 0.3) is 0 Å². The zero-order valence-electron chi connectivity index (χ0n) is 16.1. The van der Waals surface area contributed by atoms with E-state index in [2.05, 4.69) is 15.6 Å². The molecule has 29 heavy (non-hydrogen) atoms. The summed E-state index contributed by atoms with van der Waals surface area (Å²) in [6.07, 6.45) is 6.35. The predicted molar refractivity (Wildman–Crippen MR) is 110 cm³/mol. The van der Waals surface area contributed by atoms with Crippen molar-refractivity contribution in [3.8, 4) is 5.75 Å². The fourth-order valence-corrected chi connectivity index (χ4v) is 5.93. The molecule has 4 fully saturated rings. The number of hydrogen-bond acceptors (Lipinski definition) is 6. The third-order valence-electron chi connectivity index (χ3n) is 6.87. The van der Waals surface area contributed by atoms with Gasteiger partial charge in [0.25, 0.3) is 5.91 Å². The average Bonchev–Trinajstić information content (AvgIpc) is 2.65. The largest absolute Gasteiger partial charge is 0.508 e. The molecule has 6 N–H and O–H groups in total. The molecular formula is C22H26N4O3. The summed E-state index contributed by atoms with van der Waals surface area (Å²) in [5.41, 5.74) is 6.93. The van der Waals surface area contributed by atoms with Gasteiger partial charge >= 0.3 is 0 Å². The zero-order chi connectivity index (χ0) is 20.2. The molecule has 2 aromatic rings. The quantitative estimate of drug-likeness (QED) is 0.497. The van der Waals surface area contributed by atoms with Crippen LogP contribution in [0.4, 0.5) is 17.2 Å². The molecule has 1 aromatic heterocycles. The lowest BCUT2D eigenvalue weighted by atomic mass is 9.52. The van der Waals surface area contributed by atoms with Gasteiger partial charge in [-0.2, -0.15) is 0 Å². The van der Waals surface area contributed by atoms with Gasteiger partial charge in [0.1, 0.15) is 11.6 Å². The number of phenols is 1. The Morgan fingerprint density at radius 2 is 1.83 bits per heavy atom. The third-order valence-corrected chi connectivity index (χ3v) is 6.87. The minimum absolute atomic E-state index is 0.193. The summed E-state index contributed by atoms with van der Waals surface area (Å²) in [4.78, 5) is 16.3. The molecule has 5 atom stereocenters. The van der Waals surface area contributed by atoms with Crippen molar-refractivity contribution in [3.63, 3.8) is 0 Å². The summed E-state index contributed by atoms with van der Waals surface area (Å²) in [6, 6.07) is 8.74. The Morgan fingerprint density at radius 3 is 2.45 bits per heavy atom. The van der Waals surface area contributed by atoms with Crippen LogP contribution >= 0.6 is 0 Å². The molecule has 4 saturated carbocycles. The van der Waals surface area contributed by atoms with E-state index in [-0.39, 0.29) is 11.8 Å². The van der Waals surface area contributed by atoms with Crippen molar-refractivity contribution in [1.82, 2.24) is 4.98 Å². The first kappa shape index (κ1) is 18.2. The number of rotatable bonds is 5. The number of phenolic OH excluding ortho intramolecular Hbond substituents is 1. The van der Waals surface area contributed by atoms with Crippen LogP contribution in [0.5, 0.6) is 5.75 Å². The molecule has 0 aliphatic heterocycles. The number of aliphatic hydroxyl groups is 1. The topological polar surface area (TPSA) is 121 Å². The van der Waals surface area contributed by atoms with Crippen LogP contribution in [0.2, 0.25) is 0 Å². The highest BCUT2D eigenvalue weighted by Gasteiger charge is 2.54. The van der Waals surface area contributed by atoms with Crippen molar-refractivity contribution in [2.24, 2.45) is 23.5 Å². The fourth-order valence-electron chi connectivity index (χ4n) is 5.93. The number of aromatic nitrogens is 1. The van der Waals surface area contributed by atoms with Crippen LogP contribution in [0.3, 0.4) is 0 Å². The minimum Gasteiger partial charge on any atom is -0.508 e. The van der Waals surface area contributed by atoms with Crippen molar-refractivity contribution in [1.29, 1.82) is 0 Å². The first-order valence-electron chi connectivity index (χ1n) is 10.2. The van der Waals surface area contributed by atoms with Gasteiger partial charge in [0, 0.05) is 24.0 Å². The summed E-state index contributed by atoms with van der Waals surface area (Å²) >= 11 is 0. The van der Waals surface area contributed by atoms with Gasteiger partial charge in [-0.15, -0.1) is 0 Å². The summed E-state index contributed by atoms with van der Waals surface area (Å²) in [5.74, 6) is 1.71. The third kappa shape index (κ3) is 3.40. The minimum atomic E-state index is -0.515. The number of hydrogen-bond donors (Lipinski definition) is 5. The number of anilines is 3. The Morgan fingerprint density at radius 1 is 1.14 bits per heavy atom. The van der Waals surface area contributed by atoms with Gasteiger partial charge in [0.05, 0.1) is 16.9 Å². The number of nitrogens with zero attached hydrogens (tertiary/aromatic N) is 1. The number of carbonyl (C=O) groups is 1. The molecule has 1 aromatic carbocycles. The molecular weight excluding hydrogens is 368 g/mol. The molecule has 4 aliphatic rings. The molecule has 0 radical (unpaired) electrons. The Labute approximate surface area is 169 Å². The molecule has 4 aliphatic carbocycles. The lowest BCUT2D eigenvalue weighted by Crippen LogP contribution is -2.59. The molecule has 1 heterocycles. The number of carbonyl (C=O) groups excluding carboxylic acids is 1. The predicted octanol–water partition coefficient (Wildman–Crippen LogP) is 2.98. The number of benzene rings is 1. The van der Waals surface area contributed by atoms with Crippen molar-refractivity contribution in [2.75, 3.05) is 10.6 Å². The van der Waals surface area contributed by atoms with E-state index in [0.29, 0.717) is 34.8 Å². The van der Waals surface area contributed by atoms with Gasteiger partial charge in [-0.1, -0.05) is 0 Å². The second kappa shape index (κ2) is 6.62. The van der Waals surface area contributed by atoms with E-state index in [1.807, 2.05) is 6.07 Å². The Kier molecular flexibility index (Phi) is 4.17. The first-order chi connectivity index (χ1) is 13.9. The zero-order valence-corrected chi connectivity index (χ0v) is 16.1. The maximum absolute atomic E-state index is 12.0. The number of nitrogens with two attached hydrogens (primary N) is 1. The number of primary amides is 1. The SMILES string of the molecule is NC(=O)c1cnc(Nc2ccc(O)cc2)cc1N[C@H]1[C@@H]2C[C@H]3C[C@H]1C[C@@](O)(C3)C2. The van der Waals surface area contributed by atoms with Gasteiger partial charge in [-0.25, -0.2) is 4.98 Å². The van der Waals surface area contributed by atoms with Crippen LogP contribution in [0.1, 0.15) is 42.5 Å². The Balaban J connectivity index is 1.41. The van der Waals surface area contributed by atoms with Crippen molar-refractivity contribution >= 4 is 23.1 Å². The van der Waals surface area contributed by atoms with E-state index in [0.717, 1.165) is 37.8 Å². The monoisotopic (exact) mass is 394 g/mol. The second-order valence-corrected chi connectivity index (χ2v) is 9.02. The highest BCUT2D eigenvalue weighted by molar-refractivity contribution is 5.98. The van der Waals surface area contributed by atoms with E-state index >= 15 is 0 Å². The van der Waals surface area contributed by atoms with Crippen LogP contribution in [-0.4, -0.2) is 32.7 Å². The van der Waals surface area contributed by atoms with Crippen molar-refractivity contribution in [2.45, 2.75) is 43.7 Å². The lowest BCUT2D eigenvalue weighted by Gasteiger charge is -2.58. The van der Waals surface area contributed by atoms with Crippen LogP contribution in [0.15, 0.2) is 36.5 Å². The molecule has 4 bridgehead atoms. The van der Waals surface area contributed by atoms with Crippen LogP contribution in [-0.2, 0) is 0 Å². The summed E-state index contributed by atoms with van der Waals surface area (Å²) in [7, 11) is 0. The molecule has 6 rings (SSSR count). The molecule has 0 unspecified atom stereocenters. The molecule has 1 amide bonds. The maximum atomic E-state index is 12.0. The normalized spacial score (nSPS) is 32.2. The number of aromatic hydroxyl groups is 1. The Bertz CT molecular complexity index is 930. The van der Waals surface area contributed by atoms with E-state index in [9.17, 15) is 15.0 Å². The maximum Gasteiger partial charge on any atom is 0.252 e. The smallest absolute Gasteiger partial charge is 0.252 e. The highest BCUT2D eigenvalue weighted by atomic mass is 16.3.